The van der Waals surface area contributed by atoms with Crippen LogP contribution >= 0.6 is 0 Å². The second-order valence-corrected chi connectivity index (χ2v) is 5.71. The molecule has 0 radical (unpaired) electrons. The Bertz CT molecular complexity index is 878. The number of aromatic nitrogens is 3. The van der Waals surface area contributed by atoms with Crippen molar-refractivity contribution < 1.29 is 9.53 Å². The average molecular weight is 321 g/mol. The molecule has 3 rings (SSSR count). The fraction of sp³-hybridized carbons (Fsp3) is 0.211. The molecule has 122 valence electrons. The maximum Gasteiger partial charge on any atom is 0.333 e. The average Bonchev–Trinajstić information content (AvgIpc) is 3.02. The number of benzene rings is 2. The number of hydrogen-bond acceptors (Lipinski definition) is 4. The molecule has 0 saturated heterocycles. The van der Waals surface area contributed by atoms with Crippen LogP contribution in [-0.4, -0.2) is 27.6 Å². The van der Waals surface area contributed by atoms with E-state index in [-0.39, 0.29) is 12.6 Å². The van der Waals surface area contributed by atoms with Crippen molar-refractivity contribution in [2.24, 2.45) is 0 Å². The molecule has 0 aliphatic heterocycles. The van der Waals surface area contributed by atoms with E-state index in [0.717, 1.165) is 5.69 Å². The Labute approximate surface area is 140 Å². The largest absolute Gasteiger partial charge is 0.462 e. The highest BCUT2D eigenvalue weighted by Gasteiger charge is 2.07. The lowest BCUT2D eigenvalue weighted by atomic mass is 10.0. The fourth-order valence-electron chi connectivity index (χ4n) is 2.51. The van der Waals surface area contributed by atoms with Gasteiger partial charge in [-0.05, 0) is 23.3 Å². The van der Waals surface area contributed by atoms with Crippen LogP contribution in [0.25, 0.3) is 10.8 Å². The number of nitrogens with zero attached hydrogens (tertiary/aromatic N) is 3. The summed E-state index contributed by atoms with van der Waals surface area (Å²) < 4.78 is 6.88. The Balaban J connectivity index is 1.65. The summed E-state index contributed by atoms with van der Waals surface area (Å²) in [6.45, 7) is 6.11. The third-order valence-corrected chi connectivity index (χ3v) is 3.74. The van der Waals surface area contributed by atoms with Gasteiger partial charge in [0.15, 0.2) is 0 Å². The zero-order chi connectivity index (χ0) is 16.9. The van der Waals surface area contributed by atoms with E-state index in [9.17, 15) is 4.79 Å². The molecular weight excluding hydrogens is 302 g/mol. The van der Waals surface area contributed by atoms with Crippen molar-refractivity contribution in [3.8, 4) is 0 Å². The van der Waals surface area contributed by atoms with E-state index in [1.807, 2.05) is 24.4 Å². The van der Waals surface area contributed by atoms with Crippen molar-refractivity contribution in [3.63, 3.8) is 0 Å². The monoisotopic (exact) mass is 321 g/mol. The standard InChI is InChI=1S/C19H19N3O2/c1-14(2)19(23)24-11-10-17-13-22(21-20-17)12-16-8-5-7-15-6-3-4-9-18(15)16/h3-9,13H,1,10-12H2,2H3. The molecule has 5 nitrogen and oxygen atoms in total. The third kappa shape index (κ3) is 3.68. The Hall–Kier alpha value is -2.95. The van der Waals surface area contributed by atoms with Gasteiger partial charge in [-0.2, -0.15) is 0 Å². The Morgan fingerprint density at radius 2 is 2.00 bits per heavy atom. The van der Waals surface area contributed by atoms with Gasteiger partial charge >= 0.3 is 5.97 Å². The molecule has 1 aromatic heterocycles. The van der Waals surface area contributed by atoms with Crippen molar-refractivity contribution >= 4 is 16.7 Å². The van der Waals surface area contributed by atoms with Gasteiger partial charge in [-0.1, -0.05) is 54.3 Å². The van der Waals surface area contributed by atoms with Crippen molar-refractivity contribution in [3.05, 3.63) is 72.1 Å². The van der Waals surface area contributed by atoms with Gasteiger partial charge in [0, 0.05) is 18.2 Å². The summed E-state index contributed by atoms with van der Waals surface area (Å²) in [5.74, 6) is -0.377. The molecule has 2 aromatic carbocycles. The number of fused-ring (bicyclic) bond motifs is 1. The topological polar surface area (TPSA) is 57.0 Å². The normalized spacial score (nSPS) is 10.7. The number of rotatable bonds is 6. The molecule has 24 heavy (non-hydrogen) atoms. The molecule has 0 aliphatic carbocycles. The highest BCUT2D eigenvalue weighted by atomic mass is 16.5. The summed E-state index contributed by atoms with van der Waals surface area (Å²) in [7, 11) is 0. The summed E-state index contributed by atoms with van der Waals surface area (Å²) in [4.78, 5) is 11.3. The number of ether oxygens (including phenoxy) is 1. The highest BCUT2D eigenvalue weighted by Crippen LogP contribution is 2.19. The molecule has 0 aliphatic rings. The van der Waals surface area contributed by atoms with Crippen molar-refractivity contribution in [2.75, 3.05) is 6.61 Å². The summed E-state index contributed by atoms with van der Waals surface area (Å²) in [6.07, 6.45) is 2.42. The lowest BCUT2D eigenvalue weighted by Gasteiger charge is -2.06. The van der Waals surface area contributed by atoms with Crippen LogP contribution < -0.4 is 0 Å². The molecule has 0 bridgehead atoms. The number of esters is 1. The smallest absolute Gasteiger partial charge is 0.333 e. The first-order chi connectivity index (χ1) is 11.6. The minimum atomic E-state index is -0.377. The molecular formula is C19H19N3O2. The number of carbonyl (C=O) groups is 1. The second kappa shape index (κ2) is 7.08. The Kier molecular flexibility index (Phi) is 4.70. The van der Waals surface area contributed by atoms with E-state index in [1.165, 1.54) is 16.3 Å². The molecule has 0 amide bonds. The van der Waals surface area contributed by atoms with E-state index in [4.69, 9.17) is 4.74 Å². The lowest BCUT2D eigenvalue weighted by Crippen LogP contribution is -2.08. The maximum absolute atomic E-state index is 11.3. The van der Waals surface area contributed by atoms with Crippen LogP contribution in [0.1, 0.15) is 18.2 Å². The molecule has 0 unspecified atom stereocenters. The summed E-state index contributed by atoms with van der Waals surface area (Å²) >= 11 is 0. The molecule has 0 spiro atoms. The fourth-order valence-corrected chi connectivity index (χ4v) is 2.51. The van der Waals surface area contributed by atoms with Crippen LogP contribution in [0.3, 0.4) is 0 Å². The lowest BCUT2D eigenvalue weighted by molar-refractivity contribution is -0.138. The minimum absolute atomic E-state index is 0.276. The predicted molar refractivity (Wildman–Crippen MR) is 92.5 cm³/mol. The van der Waals surface area contributed by atoms with Gasteiger partial charge in [-0.3, -0.25) is 0 Å². The van der Waals surface area contributed by atoms with Crippen molar-refractivity contribution in [1.29, 1.82) is 0 Å². The van der Waals surface area contributed by atoms with Gasteiger partial charge in [-0.25, -0.2) is 9.48 Å². The predicted octanol–water partition coefficient (Wildman–Crippen LogP) is 3.14. The first kappa shape index (κ1) is 15.9. The van der Waals surface area contributed by atoms with Crippen molar-refractivity contribution in [1.82, 2.24) is 15.0 Å². The Morgan fingerprint density at radius 1 is 1.21 bits per heavy atom. The molecule has 0 N–H and O–H groups in total. The number of carbonyl (C=O) groups excluding carboxylic acids is 1. The molecule has 0 saturated carbocycles. The van der Waals surface area contributed by atoms with Gasteiger partial charge in [0.2, 0.25) is 0 Å². The van der Waals surface area contributed by atoms with E-state index in [1.54, 1.807) is 11.6 Å². The third-order valence-electron chi connectivity index (χ3n) is 3.74. The quantitative estimate of drug-likeness (QED) is 0.517. The first-order valence-electron chi connectivity index (χ1n) is 7.82. The SMILES string of the molecule is C=C(C)C(=O)OCCc1cn(Cc2cccc3ccccc23)nn1. The highest BCUT2D eigenvalue weighted by molar-refractivity contribution is 5.87. The summed E-state index contributed by atoms with van der Waals surface area (Å²) in [5.41, 5.74) is 2.39. The second-order valence-electron chi connectivity index (χ2n) is 5.71. The van der Waals surface area contributed by atoms with Gasteiger partial charge in [0.1, 0.15) is 0 Å². The van der Waals surface area contributed by atoms with E-state index < -0.39 is 0 Å². The zero-order valence-electron chi connectivity index (χ0n) is 13.6. The van der Waals surface area contributed by atoms with Crippen LogP contribution in [0.15, 0.2) is 60.8 Å². The van der Waals surface area contributed by atoms with Crippen LogP contribution in [0.5, 0.6) is 0 Å². The molecule has 0 atom stereocenters. The molecule has 3 aromatic rings. The molecule has 1 heterocycles. The minimum Gasteiger partial charge on any atom is -0.462 e. The van der Waals surface area contributed by atoms with Crippen molar-refractivity contribution in [2.45, 2.75) is 19.9 Å². The first-order valence-corrected chi connectivity index (χ1v) is 7.82. The maximum atomic E-state index is 11.3. The van der Waals surface area contributed by atoms with Crippen LogP contribution in [-0.2, 0) is 22.5 Å². The Morgan fingerprint density at radius 3 is 2.83 bits per heavy atom. The van der Waals surface area contributed by atoms with E-state index in [0.29, 0.717) is 18.5 Å². The van der Waals surface area contributed by atoms with Crippen LogP contribution in [0.4, 0.5) is 0 Å². The van der Waals surface area contributed by atoms with Gasteiger partial charge in [-0.15, -0.1) is 5.10 Å². The zero-order valence-corrected chi connectivity index (χ0v) is 13.6. The molecule has 5 heteroatoms. The van der Waals surface area contributed by atoms with Gasteiger partial charge in [0.05, 0.1) is 18.8 Å². The summed E-state index contributed by atoms with van der Waals surface area (Å²) in [5, 5.41) is 10.7. The van der Waals surface area contributed by atoms with Gasteiger partial charge in [0.25, 0.3) is 0 Å². The summed E-state index contributed by atoms with van der Waals surface area (Å²) in [6, 6.07) is 14.5. The van der Waals surface area contributed by atoms with Crippen LogP contribution in [0.2, 0.25) is 0 Å². The molecule has 0 fully saturated rings. The van der Waals surface area contributed by atoms with Gasteiger partial charge < -0.3 is 4.74 Å². The number of hydrogen-bond donors (Lipinski definition) is 0. The van der Waals surface area contributed by atoms with E-state index >= 15 is 0 Å². The van der Waals surface area contributed by atoms with Crippen LogP contribution in [0, 0.1) is 0 Å². The van der Waals surface area contributed by atoms with E-state index in [2.05, 4.69) is 41.2 Å².